The molecule has 0 aliphatic carbocycles. The molecule has 0 aliphatic rings. The summed E-state index contributed by atoms with van der Waals surface area (Å²) in [6.45, 7) is 6.84. The molecule has 0 rings (SSSR count). The van der Waals surface area contributed by atoms with Gasteiger partial charge in [0.2, 0.25) is 5.91 Å². The first kappa shape index (κ1) is 15.4. The molecular weight excluding hydrogens is 220 g/mol. The van der Waals surface area contributed by atoms with Crippen LogP contribution in [0.4, 0.5) is 0 Å². The molecule has 0 heterocycles. The average molecular weight is 244 g/mol. The molecule has 2 N–H and O–H groups in total. The Labute approximate surface area is 104 Å². The quantitative estimate of drug-likeness (QED) is 0.527. The van der Waals surface area contributed by atoms with Gasteiger partial charge < -0.3 is 10.6 Å². The van der Waals surface area contributed by atoms with Crippen molar-refractivity contribution >= 4 is 23.1 Å². The highest BCUT2D eigenvalue weighted by molar-refractivity contribution is 7.80. The molecular formula is C12H24N2OS. The van der Waals surface area contributed by atoms with Crippen molar-refractivity contribution in [1.82, 2.24) is 4.90 Å². The SMILES string of the molecule is CCCCCC(=O)N(CCC(N)=S)C(C)C. The summed E-state index contributed by atoms with van der Waals surface area (Å²) in [5.41, 5.74) is 5.46. The molecule has 1 amide bonds. The Kier molecular flexibility index (Phi) is 8.16. The van der Waals surface area contributed by atoms with Crippen LogP contribution in [0.1, 0.15) is 52.9 Å². The van der Waals surface area contributed by atoms with Crippen molar-refractivity contribution in [2.75, 3.05) is 6.54 Å². The van der Waals surface area contributed by atoms with Crippen LogP contribution in [-0.2, 0) is 4.79 Å². The third kappa shape index (κ3) is 6.77. The Bertz CT molecular complexity index is 229. The molecule has 0 aromatic rings. The second-order valence-corrected chi connectivity index (χ2v) is 4.88. The average Bonchev–Trinajstić information content (AvgIpc) is 2.17. The van der Waals surface area contributed by atoms with E-state index in [1.165, 1.54) is 0 Å². The number of unbranched alkanes of at least 4 members (excludes halogenated alkanes) is 2. The van der Waals surface area contributed by atoms with Gasteiger partial charge in [-0.2, -0.15) is 0 Å². The highest BCUT2D eigenvalue weighted by Crippen LogP contribution is 2.07. The molecule has 94 valence electrons. The van der Waals surface area contributed by atoms with Crippen LogP contribution in [0, 0.1) is 0 Å². The number of nitrogens with two attached hydrogens (primary N) is 1. The second kappa shape index (κ2) is 8.50. The van der Waals surface area contributed by atoms with Gasteiger partial charge in [-0.05, 0) is 20.3 Å². The van der Waals surface area contributed by atoms with Crippen LogP contribution in [0.3, 0.4) is 0 Å². The highest BCUT2D eigenvalue weighted by Gasteiger charge is 2.15. The lowest BCUT2D eigenvalue weighted by atomic mass is 10.1. The maximum atomic E-state index is 11.9. The van der Waals surface area contributed by atoms with Gasteiger partial charge in [-0.15, -0.1) is 0 Å². The van der Waals surface area contributed by atoms with Crippen molar-refractivity contribution in [2.45, 2.75) is 58.9 Å². The normalized spacial score (nSPS) is 10.5. The monoisotopic (exact) mass is 244 g/mol. The third-order valence-electron chi connectivity index (χ3n) is 2.54. The Morgan fingerprint density at radius 1 is 1.31 bits per heavy atom. The lowest BCUT2D eigenvalue weighted by molar-refractivity contribution is -0.132. The van der Waals surface area contributed by atoms with Gasteiger partial charge in [0.05, 0.1) is 4.99 Å². The number of hydrogen-bond donors (Lipinski definition) is 1. The molecule has 3 nitrogen and oxygen atoms in total. The largest absolute Gasteiger partial charge is 0.393 e. The zero-order valence-corrected chi connectivity index (χ0v) is 11.5. The van der Waals surface area contributed by atoms with E-state index in [-0.39, 0.29) is 11.9 Å². The van der Waals surface area contributed by atoms with E-state index >= 15 is 0 Å². The number of amides is 1. The minimum Gasteiger partial charge on any atom is -0.393 e. The fourth-order valence-corrected chi connectivity index (χ4v) is 1.66. The minimum absolute atomic E-state index is 0.222. The summed E-state index contributed by atoms with van der Waals surface area (Å²) in [6, 6.07) is 0.225. The topological polar surface area (TPSA) is 46.3 Å². The van der Waals surface area contributed by atoms with Crippen LogP contribution in [0.5, 0.6) is 0 Å². The molecule has 0 aromatic carbocycles. The standard InChI is InChI=1S/C12H24N2OS/c1-4-5-6-7-12(15)14(10(2)3)9-8-11(13)16/h10H,4-9H2,1-3H3,(H2,13,16). The summed E-state index contributed by atoms with van der Waals surface area (Å²) in [7, 11) is 0. The summed E-state index contributed by atoms with van der Waals surface area (Å²) in [5, 5.41) is 0. The lowest BCUT2D eigenvalue weighted by Crippen LogP contribution is -2.38. The van der Waals surface area contributed by atoms with Crippen LogP contribution in [0.15, 0.2) is 0 Å². The van der Waals surface area contributed by atoms with E-state index in [2.05, 4.69) is 6.92 Å². The first-order valence-electron chi connectivity index (χ1n) is 6.06. The zero-order chi connectivity index (χ0) is 12.6. The summed E-state index contributed by atoms with van der Waals surface area (Å²) in [5.74, 6) is 0.222. The summed E-state index contributed by atoms with van der Waals surface area (Å²) in [4.78, 5) is 14.3. The predicted molar refractivity (Wildman–Crippen MR) is 72.4 cm³/mol. The van der Waals surface area contributed by atoms with E-state index in [9.17, 15) is 4.79 Å². The Balaban J connectivity index is 4.08. The number of hydrogen-bond acceptors (Lipinski definition) is 2. The van der Waals surface area contributed by atoms with Gasteiger partial charge in [0.15, 0.2) is 0 Å². The molecule has 16 heavy (non-hydrogen) atoms. The first-order chi connectivity index (χ1) is 7.49. The smallest absolute Gasteiger partial charge is 0.222 e. The van der Waals surface area contributed by atoms with Crippen molar-refractivity contribution in [3.8, 4) is 0 Å². The Hall–Kier alpha value is -0.640. The molecule has 4 heteroatoms. The van der Waals surface area contributed by atoms with Crippen LogP contribution in [-0.4, -0.2) is 28.4 Å². The van der Waals surface area contributed by atoms with Gasteiger partial charge in [-0.1, -0.05) is 32.0 Å². The van der Waals surface area contributed by atoms with E-state index in [0.29, 0.717) is 24.4 Å². The van der Waals surface area contributed by atoms with Crippen LogP contribution in [0.25, 0.3) is 0 Å². The van der Waals surface area contributed by atoms with Crippen LogP contribution < -0.4 is 5.73 Å². The summed E-state index contributed by atoms with van der Waals surface area (Å²) >= 11 is 4.83. The molecule has 0 saturated carbocycles. The third-order valence-corrected chi connectivity index (χ3v) is 2.74. The Morgan fingerprint density at radius 2 is 1.94 bits per heavy atom. The number of rotatable bonds is 8. The fourth-order valence-electron chi connectivity index (χ4n) is 1.57. The van der Waals surface area contributed by atoms with Gasteiger partial charge in [0.1, 0.15) is 0 Å². The molecule has 0 aliphatic heterocycles. The fraction of sp³-hybridized carbons (Fsp3) is 0.833. The van der Waals surface area contributed by atoms with E-state index in [4.69, 9.17) is 18.0 Å². The minimum atomic E-state index is 0.222. The molecule has 0 unspecified atom stereocenters. The van der Waals surface area contributed by atoms with Gasteiger partial charge >= 0.3 is 0 Å². The molecule has 0 bridgehead atoms. The van der Waals surface area contributed by atoms with Gasteiger partial charge in [0, 0.05) is 25.4 Å². The first-order valence-corrected chi connectivity index (χ1v) is 6.47. The maximum Gasteiger partial charge on any atom is 0.222 e. The zero-order valence-electron chi connectivity index (χ0n) is 10.7. The molecule has 0 saturated heterocycles. The number of carbonyl (C=O) groups excluding carboxylic acids is 1. The molecule has 0 fully saturated rings. The summed E-state index contributed by atoms with van der Waals surface area (Å²) < 4.78 is 0. The van der Waals surface area contributed by atoms with Crippen molar-refractivity contribution in [2.24, 2.45) is 5.73 Å². The second-order valence-electron chi connectivity index (χ2n) is 4.35. The molecule has 0 radical (unpaired) electrons. The maximum absolute atomic E-state index is 11.9. The lowest BCUT2D eigenvalue weighted by Gasteiger charge is -2.26. The van der Waals surface area contributed by atoms with Crippen molar-refractivity contribution in [3.05, 3.63) is 0 Å². The molecule has 0 aromatic heterocycles. The van der Waals surface area contributed by atoms with Gasteiger partial charge in [-0.25, -0.2) is 0 Å². The van der Waals surface area contributed by atoms with Crippen molar-refractivity contribution < 1.29 is 4.79 Å². The number of thiocarbonyl (C=S) groups is 1. The number of carbonyl (C=O) groups is 1. The summed E-state index contributed by atoms with van der Waals surface area (Å²) in [6.07, 6.45) is 4.50. The van der Waals surface area contributed by atoms with Crippen LogP contribution >= 0.6 is 12.2 Å². The Morgan fingerprint density at radius 3 is 2.38 bits per heavy atom. The van der Waals surface area contributed by atoms with Crippen molar-refractivity contribution in [1.29, 1.82) is 0 Å². The van der Waals surface area contributed by atoms with E-state index < -0.39 is 0 Å². The number of nitrogens with zero attached hydrogens (tertiary/aromatic N) is 1. The molecule has 0 atom stereocenters. The predicted octanol–water partition coefficient (Wildman–Crippen LogP) is 2.48. The van der Waals surface area contributed by atoms with Crippen LogP contribution in [0.2, 0.25) is 0 Å². The van der Waals surface area contributed by atoms with E-state index in [1.807, 2.05) is 18.7 Å². The van der Waals surface area contributed by atoms with Gasteiger partial charge in [0.25, 0.3) is 0 Å². The van der Waals surface area contributed by atoms with E-state index in [1.54, 1.807) is 0 Å². The molecule has 0 spiro atoms. The van der Waals surface area contributed by atoms with Crippen molar-refractivity contribution in [3.63, 3.8) is 0 Å². The van der Waals surface area contributed by atoms with Gasteiger partial charge in [-0.3, -0.25) is 4.79 Å². The highest BCUT2D eigenvalue weighted by atomic mass is 32.1. The van der Waals surface area contributed by atoms with E-state index in [0.717, 1.165) is 19.3 Å².